The van der Waals surface area contributed by atoms with Gasteiger partial charge in [0.1, 0.15) is 0 Å². The average molecular weight is 275 g/mol. The molecule has 0 N–H and O–H groups in total. The van der Waals surface area contributed by atoms with E-state index >= 15 is 0 Å². The van der Waals surface area contributed by atoms with Gasteiger partial charge in [0.2, 0.25) is 0 Å². The molecule has 0 aliphatic heterocycles. The summed E-state index contributed by atoms with van der Waals surface area (Å²) < 4.78 is 0.817. The molecule has 0 fully saturated rings. The molecule has 1 aromatic carbocycles. The van der Waals surface area contributed by atoms with E-state index < -0.39 is 19.3 Å². The van der Waals surface area contributed by atoms with Gasteiger partial charge in [-0.05, 0) is 0 Å². The summed E-state index contributed by atoms with van der Waals surface area (Å²) in [6.45, 7) is 0. The van der Waals surface area contributed by atoms with Crippen LogP contribution in [0.15, 0.2) is 6.07 Å². The zero-order chi connectivity index (χ0) is 9.30. The molecule has 0 amide bonds. The molecule has 12 heavy (non-hydrogen) atoms. The van der Waals surface area contributed by atoms with E-state index in [0.717, 1.165) is 3.69 Å². The van der Waals surface area contributed by atoms with Gasteiger partial charge in [-0.25, -0.2) is 0 Å². The van der Waals surface area contributed by atoms with Crippen LogP contribution in [0, 0.1) is 0 Å². The maximum atomic E-state index is 5.85. The normalized spacial score (nSPS) is 9.75. The predicted octanol–water partition coefficient (Wildman–Crippen LogP) is 3.78. The van der Waals surface area contributed by atoms with E-state index in [1.54, 1.807) is 6.07 Å². The summed E-state index contributed by atoms with van der Waals surface area (Å²) in [6.07, 6.45) is 0. The molecule has 0 aliphatic carbocycles. The highest BCUT2D eigenvalue weighted by molar-refractivity contribution is 7.02. The molecule has 6 heteroatoms. The van der Waals surface area contributed by atoms with Crippen molar-refractivity contribution in [3.8, 4) is 0 Å². The molecular weight excluding hydrogens is 274 g/mol. The lowest BCUT2D eigenvalue weighted by Gasteiger charge is -2.06. The van der Waals surface area contributed by atoms with Gasteiger partial charge in [0.15, 0.2) is 0 Å². The van der Waals surface area contributed by atoms with Crippen molar-refractivity contribution in [1.29, 1.82) is 0 Å². The van der Waals surface area contributed by atoms with Crippen LogP contribution in [0.5, 0.6) is 0 Å². The molecule has 0 aromatic heterocycles. The molecule has 62 valence electrons. The molecular formula is C6HCl5Mg. The van der Waals surface area contributed by atoms with Crippen LogP contribution < -0.4 is 3.69 Å². The summed E-state index contributed by atoms with van der Waals surface area (Å²) in [6, 6.07) is 1.66. The summed E-state index contributed by atoms with van der Waals surface area (Å²) in [5.74, 6) is 0. The maximum absolute atomic E-state index is 5.85. The third-order valence-electron chi connectivity index (χ3n) is 1.32. The van der Waals surface area contributed by atoms with Crippen LogP contribution in [0.1, 0.15) is 0 Å². The van der Waals surface area contributed by atoms with Crippen LogP contribution in [0.4, 0.5) is 0 Å². The average Bonchev–Trinajstić information content (AvgIpc) is 2.08. The van der Waals surface area contributed by atoms with Gasteiger partial charge in [-0.3, -0.25) is 0 Å². The Hall–Kier alpha value is 1.44. The van der Waals surface area contributed by atoms with E-state index in [1.807, 2.05) is 0 Å². The lowest BCUT2D eigenvalue weighted by atomic mass is 10.3. The topological polar surface area (TPSA) is 0 Å². The number of halogens is 5. The van der Waals surface area contributed by atoms with Crippen molar-refractivity contribution in [2.45, 2.75) is 0 Å². The third kappa shape index (κ3) is 2.27. The summed E-state index contributed by atoms with van der Waals surface area (Å²) in [5.41, 5.74) is 0. The van der Waals surface area contributed by atoms with Gasteiger partial charge in [-0.2, -0.15) is 0 Å². The first-order valence-electron chi connectivity index (χ1n) is 2.95. The van der Waals surface area contributed by atoms with Crippen molar-refractivity contribution in [3.05, 3.63) is 26.2 Å². The Morgan fingerprint density at radius 2 is 1.50 bits per heavy atom. The number of hydrogen-bond acceptors (Lipinski definition) is 0. The van der Waals surface area contributed by atoms with Crippen molar-refractivity contribution >= 4 is 78.4 Å². The molecule has 0 unspecified atom stereocenters. The van der Waals surface area contributed by atoms with Gasteiger partial charge in [0.25, 0.3) is 0 Å². The Morgan fingerprint density at radius 1 is 0.917 bits per heavy atom. The van der Waals surface area contributed by atoms with Crippen LogP contribution >= 0.6 is 55.5 Å². The van der Waals surface area contributed by atoms with Crippen LogP contribution in [0.25, 0.3) is 0 Å². The van der Waals surface area contributed by atoms with E-state index in [4.69, 9.17) is 55.5 Å². The van der Waals surface area contributed by atoms with Crippen molar-refractivity contribution in [2.24, 2.45) is 0 Å². The molecule has 0 saturated heterocycles. The second-order valence-corrected chi connectivity index (χ2v) is 5.47. The first-order valence-corrected chi connectivity index (χ1v) is 7.31. The van der Waals surface area contributed by atoms with Crippen LogP contribution in [-0.4, -0.2) is 19.3 Å². The molecule has 0 atom stereocenters. The van der Waals surface area contributed by atoms with Gasteiger partial charge in [0.05, 0.1) is 15.1 Å². The standard InChI is InChI=1S/C6HCl4.ClH.Mg/c7-3-1-2-4(8)6(10)5(3)9;;/h1H;1H;/q;;+1/p-1. The van der Waals surface area contributed by atoms with Gasteiger partial charge in [-0.15, -0.1) is 3.69 Å². The fourth-order valence-corrected chi connectivity index (χ4v) is 3.42. The van der Waals surface area contributed by atoms with Crippen molar-refractivity contribution < 1.29 is 0 Å². The Labute approximate surface area is 104 Å². The maximum Gasteiger partial charge on any atom is 0.540 e. The van der Waals surface area contributed by atoms with E-state index in [0.29, 0.717) is 10.0 Å². The summed E-state index contributed by atoms with van der Waals surface area (Å²) >= 11 is 22.2. The van der Waals surface area contributed by atoms with Crippen molar-refractivity contribution in [2.75, 3.05) is 0 Å². The van der Waals surface area contributed by atoms with Gasteiger partial charge in [-0.1, -0.05) is 52.5 Å². The first-order chi connectivity index (χ1) is 5.57. The minimum atomic E-state index is -0.884. The highest BCUT2D eigenvalue weighted by Crippen LogP contribution is 2.33. The molecule has 0 heterocycles. The quantitative estimate of drug-likeness (QED) is 0.415. The predicted molar refractivity (Wildman–Crippen MR) is 57.7 cm³/mol. The SMILES string of the molecule is [Cl][Mg][c]1cc(Cl)c(Cl)c(Cl)c1Cl. The Bertz CT molecular complexity index is 311. The molecule has 0 aliphatic rings. The van der Waals surface area contributed by atoms with E-state index in [9.17, 15) is 0 Å². The molecule has 0 spiro atoms. The smallest absolute Gasteiger partial charge is 0.336 e. The summed E-state index contributed by atoms with van der Waals surface area (Å²) in [7, 11) is 5.72. The van der Waals surface area contributed by atoms with Crippen LogP contribution in [-0.2, 0) is 0 Å². The minimum absolute atomic E-state index is 0.284. The monoisotopic (exact) mass is 272 g/mol. The summed E-state index contributed by atoms with van der Waals surface area (Å²) in [5, 5.41) is 1.39. The Kier molecular flexibility index (Phi) is 4.59. The highest BCUT2D eigenvalue weighted by atomic mass is 35.5. The Morgan fingerprint density at radius 3 is 2.00 bits per heavy atom. The minimum Gasteiger partial charge on any atom is -0.336 e. The zero-order valence-corrected chi connectivity index (χ0v) is 10.9. The lowest BCUT2D eigenvalue weighted by molar-refractivity contribution is 1.75. The van der Waals surface area contributed by atoms with Crippen molar-refractivity contribution in [1.82, 2.24) is 0 Å². The van der Waals surface area contributed by atoms with Gasteiger partial charge in [0, 0.05) is 5.02 Å². The van der Waals surface area contributed by atoms with Gasteiger partial charge >= 0.3 is 19.3 Å². The molecule has 0 saturated carbocycles. The molecule has 0 radical (unpaired) electrons. The number of rotatable bonds is 1. The highest BCUT2D eigenvalue weighted by Gasteiger charge is 2.12. The van der Waals surface area contributed by atoms with Crippen molar-refractivity contribution in [3.63, 3.8) is 0 Å². The third-order valence-corrected chi connectivity index (χ3v) is 5.05. The largest absolute Gasteiger partial charge is 0.540 e. The molecule has 1 rings (SSSR count). The second-order valence-electron chi connectivity index (χ2n) is 2.09. The number of hydrogen-bond donors (Lipinski definition) is 0. The van der Waals surface area contributed by atoms with Gasteiger partial charge < -0.3 is 9.07 Å². The molecule has 0 bridgehead atoms. The molecule has 1 aromatic rings. The lowest BCUT2D eigenvalue weighted by Crippen LogP contribution is -2.10. The number of benzene rings is 1. The van der Waals surface area contributed by atoms with E-state index in [2.05, 4.69) is 0 Å². The second kappa shape index (κ2) is 4.79. The van der Waals surface area contributed by atoms with Crippen LogP contribution in [0.3, 0.4) is 0 Å². The van der Waals surface area contributed by atoms with E-state index in [1.165, 1.54) is 0 Å². The molecule has 0 nitrogen and oxygen atoms in total. The fraction of sp³-hybridized carbons (Fsp3) is 0. The summed E-state index contributed by atoms with van der Waals surface area (Å²) in [4.78, 5) is 0. The Balaban J connectivity index is 3.39. The van der Waals surface area contributed by atoms with Crippen LogP contribution in [0.2, 0.25) is 20.1 Å². The first kappa shape index (κ1) is 11.5. The fourth-order valence-electron chi connectivity index (χ4n) is 0.719. The van der Waals surface area contributed by atoms with E-state index in [-0.39, 0.29) is 10.0 Å². The zero-order valence-electron chi connectivity index (χ0n) is 5.67.